The Morgan fingerprint density at radius 2 is 2.05 bits per heavy atom. The Hall–Kier alpha value is -2.17. The summed E-state index contributed by atoms with van der Waals surface area (Å²) >= 11 is 0. The Morgan fingerprint density at radius 1 is 1.45 bits per heavy atom. The molecule has 1 heterocycles. The van der Waals surface area contributed by atoms with Crippen molar-refractivity contribution in [2.45, 2.75) is 37.6 Å². The van der Waals surface area contributed by atoms with Gasteiger partial charge in [0.15, 0.2) is 11.6 Å². The van der Waals surface area contributed by atoms with Crippen LogP contribution in [0.5, 0.6) is 0 Å². The van der Waals surface area contributed by atoms with E-state index >= 15 is 0 Å². The summed E-state index contributed by atoms with van der Waals surface area (Å²) < 4.78 is 39.4. The lowest BCUT2D eigenvalue weighted by atomic mass is 9.95. The Kier molecular flexibility index (Phi) is 5.12. The molecule has 2 unspecified atom stereocenters. The van der Waals surface area contributed by atoms with Crippen LogP contribution in [-0.2, 0) is 23.1 Å². The summed E-state index contributed by atoms with van der Waals surface area (Å²) in [5.74, 6) is -2.95. The van der Waals surface area contributed by atoms with Crippen molar-refractivity contribution in [3.63, 3.8) is 0 Å². The highest BCUT2D eigenvalue weighted by Gasteiger charge is 2.58. The van der Waals surface area contributed by atoms with Crippen LogP contribution in [0.25, 0.3) is 0 Å². The van der Waals surface area contributed by atoms with Crippen molar-refractivity contribution >= 4 is 11.9 Å². The van der Waals surface area contributed by atoms with Crippen LogP contribution in [0.3, 0.4) is 0 Å². The summed E-state index contributed by atoms with van der Waals surface area (Å²) in [7, 11) is 1.59. The zero-order valence-corrected chi connectivity index (χ0v) is 11.8. The molecule has 1 aromatic rings. The predicted octanol–water partition coefficient (Wildman–Crippen LogP) is -0.370. The molecule has 2 atom stereocenters. The maximum absolute atomic E-state index is 12.7. The minimum Gasteiger partial charge on any atom is -0.480 e. The number of carboxylic acids is 1. The van der Waals surface area contributed by atoms with Crippen LogP contribution in [0.2, 0.25) is 0 Å². The number of nitrogens with one attached hydrogen (secondary N) is 1. The van der Waals surface area contributed by atoms with Gasteiger partial charge in [-0.1, -0.05) is 5.21 Å². The summed E-state index contributed by atoms with van der Waals surface area (Å²) in [5.41, 5.74) is -3.17. The Morgan fingerprint density at radius 3 is 2.45 bits per heavy atom. The molecule has 0 aromatic carbocycles. The number of nitrogens with zero attached hydrogens (tertiary/aromatic N) is 3. The Bertz CT molecular complexity index is 556. The van der Waals surface area contributed by atoms with Crippen molar-refractivity contribution in [2.24, 2.45) is 7.05 Å². The fourth-order valence-corrected chi connectivity index (χ4v) is 1.59. The fraction of sp³-hybridized carbons (Fsp3) is 0.636. The first kappa shape index (κ1) is 17.9. The molecule has 0 saturated carbocycles. The summed E-state index contributed by atoms with van der Waals surface area (Å²) in [6.45, 7) is 0.286. The highest BCUT2D eigenvalue weighted by Crippen LogP contribution is 2.32. The third kappa shape index (κ3) is 4.16. The zero-order chi connectivity index (χ0) is 17.1. The number of carboxylic acid groups (broad SMARTS) is 1. The molecule has 0 aliphatic heterocycles. The average molecular weight is 324 g/mol. The van der Waals surface area contributed by atoms with E-state index in [2.05, 4.69) is 10.3 Å². The third-order valence-corrected chi connectivity index (χ3v) is 2.95. The lowest BCUT2D eigenvalue weighted by Crippen LogP contribution is -2.62. The molecule has 0 bridgehead atoms. The molecule has 11 heteroatoms. The molecule has 124 valence electrons. The van der Waals surface area contributed by atoms with Gasteiger partial charge in [0.2, 0.25) is 5.91 Å². The van der Waals surface area contributed by atoms with E-state index in [1.165, 1.54) is 10.9 Å². The van der Waals surface area contributed by atoms with Gasteiger partial charge in [0.1, 0.15) is 0 Å². The fourth-order valence-electron chi connectivity index (χ4n) is 1.59. The average Bonchev–Trinajstić information content (AvgIpc) is 2.77. The monoisotopic (exact) mass is 324 g/mol. The first-order valence-electron chi connectivity index (χ1n) is 6.11. The van der Waals surface area contributed by atoms with Gasteiger partial charge in [-0.3, -0.25) is 9.48 Å². The molecule has 3 N–H and O–H groups in total. The van der Waals surface area contributed by atoms with Crippen molar-refractivity contribution in [2.75, 3.05) is 0 Å². The molecule has 0 aliphatic rings. The number of aliphatic carboxylic acids is 1. The van der Waals surface area contributed by atoms with Crippen molar-refractivity contribution in [3.05, 3.63) is 11.9 Å². The van der Waals surface area contributed by atoms with Crippen molar-refractivity contribution in [1.82, 2.24) is 20.3 Å². The van der Waals surface area contributed by atoms with Gasteiger partial charge in [-0.2, -0.15) is 13.2 Å². The molecular weight excluding hydrogens is 309 g/mol. The molecule has 0 fully saturated rings. The van der Waals surface area contributed by atoms with Gasteiger partial charge in [-0.15, -0.1) is 5.10 Å². The molecule has 1 aromatic heterocycles. The number of aliphatic hydroxyl groups is 1. The number of carbonyl (C=O) groups is 2. The largest absolute Gasteiger partial charge is 0.480 e. The second-order valence-corrected chi connectivity index (χ2v) is 4.87. The van der Waals surface area contributed by atoms with E-state index in [-0.39, 0.29) is 19.8 Å². The van der Waals surface area contributed by atoms with E-state index < -0.39 is 29.7 Å². The lowest BCUT2D eigenvalue weighted by Gasteiger charge is -2.32. The molecular formula is C11H15F3N4O4. The smallest absolute Gasteiger partial charge is 0.419 e. The second kappa shape index (κ2) is 6.30. The summed E-state index contributed by atoms with van der Waals surface area (Å²) in [4.78, 5) is 22.5. The minimum absolute atomic E-state index is 0.0696. The number of rotatable bonds is 6. The zero-order valence-electron chi connectivity index (χ0n) is 11.8. The van der Waals surface area contributed by atoms with Gasteiger partial charge in [-0.25, -0.2) is 4.79 Å². The molecule has 0 spiro atoms. The lowest BCUT2D eigenvalue weighted by molar-refractivity contribution is -0.262. The van der Waals surface area contributed by atoms with Gasteiger partial charge in [0.25, 0.3) is 0 Å². The Labute approximate surface area is 122 Å². The maximum atomic E-state index is 12.7. The highest BCUT2D eigenvalue weighted by atomic mass is 19.4. The maximum Gasteiger partial charge on any atom is 0.419 e. The number of carbonyl (C=O) groups excluding carboxylic acids is 1. The molecule has 0 radical (unpaired) electrons. The number of amides is 1. The summed E-state index contributed by atoms with van der Waals surface area (Å²) in [5, 5.41) is 27.1. The van der Waals surface area contributed by atoms with Crippen molar-refractivity contribution in [3.8, 4) is 0 Å². The molecule has 22 heavy (non-hydrogen) atoms. The molecule has 8 nitrogen and oxygen atoms in total. The summed E-state index contributed by atoms with van der Waals surface area (Å²) in [6, 6.07) is -2.51. The number of hydrogen-bond acceptors (Lipinski definition) is 5. The van der Waals surface area contributed by atoms with Crippen molar-refractivity contribution in [1.29, 1.82) is 0 Å². The number of alkyl halides is 3. The van der Waals surface area contributed by atoms with Crippen LogP contribution in [0, 0.1) is 0 Å². The Balaban J connectivity index is 2.71. The van der Waals surface area contributed by atoms with Crippen LogP contribution in [0.4, 0.5) is 13.2 Å². The minimum atomic E-state index is -5.21. The molecule has 0 aliphatic carbocycles. The van der Waals surface area contributed by atoms with Gasteiger partial charge in [0, 0.05) is 26.1 Å². The van der Waals surface area contributed by atoms with Gasteiger partial charge in [-0.05, 0) is 6.92 Å². The normalized spacial score (nSPS) is 15.9. The van der Waals surface area contributed by atoms with E-state index in [9.17, 15) is 27.9 Å². The molecule has 1 rings (SSSR count). The SMILES string of the molecule is Cn1cc(CCC(=O)NC(C(=O)O)C(C)(O)C(F)(F)F)nn1. The number of hydrogen-bond donors (Lipinski definition) is 3. The first-order chi connectivity index (χ1) is 9.95. The van der Waals surface area contributed by atoms with Crippen LogP contribution in [0.1, 0.15) is 19.0 Å². The van der Waals surface area contributed by atoms with Gasteiger partial charge in [0.05, 0.1) is 5.69 Å². The van der Waals surface area contributed by atoms with E-state index in [0.29, 0.717) is 5.69 Å². The molecule has 1 amide bonds. The number of aromatic nitrogens is 3. The topological polar surface area (TPSA) is 117 Å². The summed E-state index contributed by atoms with van der Waals surface area (Å²) in [6.07, 6.45) is -3.93. The van der Waals surface area contributed by atoms with Crippen LogP contribution < -0.4 is 5.32 Å². The second-order valence-electron chi connectivity index (χ2n) is 4.87. The third-order valence-electron chi connectivity index (χ3n) is 2.95. The molecule has 0 saturated heterocycles. The number of halogens is 3. The standard InChI is InChI=1S/C11H15F3N4O4/c1-10(22,11(12,13)14)8(9(20)21)15-7(19)4-3-6-5-18(2)17-16-6/h5,8,22H,3-4H2,1-2H3,(H,15,19)(H,20,21). The number of aryl methyl sites for hydroxylation is 2. The quantitative estimate of drug-likeness (QED) is 0.657. The van der Waals surface area contributed by atoms with Crippen molar-refractivity contribution < 1.29 is 33.0 Å². The van der Waals surface area contributed by atoms with Gasteiger partial charge >= 0.3 is 12.1 Å². The first-order valence-corrected chi connectivity index (χ1v) is 6.11. The van der Waals surface area contributed by atoms with E-state index in [4.69, 9.17) is 5.11 Å². The van der Waals surface area contributed by atoms with Crippen LogP contribution >= 0.6 is 0 Å². The predicted molar refractivity (Wildman–Crippen MR) is 65.6 cm³/mol. The van der Waals surface area contributed by atoms with E-state index in [1.54, 1.807) is 12.4 Å². The van der Waals surface area contributed by atoms with E-state index in [0.717, 1.165) is 0 Å². The van der Waals surface area contributed by atoms with Gasteiger partial charge < -0.3 is 15.5 Å². The van der Waals surface area contributed by atoms with Crippen LogP contribution in [0.15, 0.2) is 6.20 Å². The van der Waals surface area contributed by atoms with Crippen LogP contribution in [-0.4, -0.2) is 54.9 Å². The highest BCUT2D eigenvalue weighted by molar-refractivity contribution is 5.84. The van der Waals surface area contributed by atoms with E-state index in [1.807, 2.05) is 0 Å².